The van der Waals surface area contributed by atoms with Crippen LogP contribution in [0.4, 0.5) is 19.7 Å². The molecule has 1 aliphatic rings. The number of nitrogens with one attached hydrogen (secondary N) is 2. The van der Waals surface area contributed by atoms with Crippen molar-refractivity contribution < 1.29 is 18.4 Å². The van der Waals surface area contributed by atoms with Crippen molar-refractivity contribution in [2.75, 3.05) is 11.9 Å². The number of amides is 2. The number of hydrogen-bond donors (Lipinski definition) is 2. The van der Waals surface area contributed by atoms with Crippen molar-refractivity contribution in [1.29, 1.82) is 0 Å². The summed E-state index contributed by atoms with van der Waals surface area (Å²) in [6, 6.07) is 6.84. The number of rotatable bonds is 4. The van der Waals surface area contributed by atoms with E-state index in [2.05, 4.69) is 20.6 Å². The van der Waals surface area contributed by atoms with Crippen molar-refractivity contribution in [3.63, 3.8) is 0 Å². The SMILES string of the molecule is O=C(NCc1ccc(F)cc1F)C(=O)N1CCc2ccc(Nc3nccs3)nc2C1. The number of carbonyl (C=O) groups excluding carboxylic acids is 2. The molecule has 1 aliphatic heterocycles. The van der Waals surface area contributed by atoms with Crippen molar-refractivity contribution in [2.45, 2.75) is 19.5 Å². The van der Waals surface area contributed by atoms with Crippen molar-refractivity contribution >= 4 is 34.1 Å². The molecule has 4 rings (SSSR count). The topological polar surface area (TPSA) is 87.2 Å². The monoisotopic (exact) mass is 429 g/mol. The Balaban J connectivity index is 1.39. The van der Waals surface area contributed by atoms with Gasteiger partial charge in [0.25, 0.3) is 0 Å². The highest BCUT2D eigenvalue weighted by Crippen LogP contribution is 2.22. The Bertz CT molecular complexity index is 1090. The maximum atomic E-state index is 13.7. The minimum Gasteiger partial charge on any atom is -0.344 e. The van der Waals surface area contributed by atoms with E-state index in [1.165, 1.54) is 22.3 Å². The molecule has 2 amide bonds. The van der Waals surface area contributed by atoms with E-state index in [4.69, 9.17) is 0 Å². The number of anilines is 2. The highest BCUT2D eigenvalue weighted by Gasteiger charge is 2.26. The molecule has 2 N–H and O–H groups in total. The fourth-order valence-corrected chi connectivity index (χ4v) is 3.64. The van der Waals surface area contributed by atoms with E-state index in [9.17, 15) is 18.4 Å². The first-order valence-electron chi connectivity index (χ1n) is 9.16. The molecule has 0 saturated carbocycles. The van der Waals surface area contributed by atoms with E-state index in [0.29, 0.717) is 29.6 Å². The van der Waals surface area contributed by atoms with Crippen LogP contribution in [0.15, 0.2) is 41.9 Å². The Morgan fingerprint density at radius 2 is 2.07 bits per heavy atom. The van der Waals surface area contributed by atoms with E-state index < -0.39 is 23.4 Å². The number of carbonyl (C=O) groups is 2. The molecule has 0 aliphatic carbocycles. The molecule has 0 bridgehead atoms. The van der Waals surface area contributed by atoms with Gasteiger partial charge < -0.3 is 15.5 Å². The molecule has 2 aromatic heterocycles. The first kappa shape index (κ1) is 19.9. The number of nitrogens with zero attached hydrogens (tertiary/aromatic N) is 3. The Morgan fingerprint density at radius 1 is 1.20 bits per heavy atom. The first-order valence-corrected chi connectivity index (χ1v) is 10.0. The number of halogens is 2. The van der Waals surface area contributed by atoms with Crippen molar-refractivity contribution in [1.82, 2.24) is 20.2 Å². The third-order valence-electron chi connectivity index (χ3n) is 4.66. The number of hydrogen-bond acceptors (Lipinski definition) is 6. The average molecular weight is 429 g/mol. The van der Waals surface area contributed by atoms with Crippen molar-refractivity contribution in [3.8, 4) is 0 Å². The van der Waals surface area contributed by atoms with Crippen LogP contribution >= 0.6 is 11.3 Å². The minimum atomic E-state index is -0.848. The van der Waals surface area contributed by atoms with E-state index in [-0.39, 0.29) is 18.7 Å². The van der Waals surface area contributed by atoms with Crippen LogP contribution in [0.5, 0.6) is 0 Å². The van der Waals surface area contributed by atoms with Gasteiger partial charge in [-0.1, -0.05) is 12.1 Å². The molecule has 0 spiro atoms. The molecule has 0 atom stereocenters. The number of benzene rings is 1. The third-order valence-corrected chi connectivity index (χ3v) is 5.35. The normalized spacial score (nSPS) is 12.9. The second kappa shape index (κ2) is 8.54. The van der Waals surface area contributed by atoms with Crippen molar-refractivity contribution in [3.05, 3.63) is 70.4 Å². The van der Waals surface area contributed by atoms with Crippen LogP contribution < -0.4 is 10.6 Å². The second-order valence-electron chi connectivity index (χ2n) is 6.66. The predicted octanol–water partition coefficient (Wildman–Crippen LogP) is 2.76. The molecule has 1 aromatic carbocycles. The molecule has 3 aromatic rings. The molecular weight excluding hydrogens is 412 g/mol. The smallest absolute Gasteiger partial charge is 0.312 e. The highest BCUT2D eigenvalue weighted by molar-refractivity contribution is 7.13. The lowest BCUT2D eigenvalue weighted by Crippen LogP contribution is -2.45. The number of aromatic nitrogens is 2. The summed E-state index contributed by atoms with van der Waals surface area (Å²) in [6.45, 7) is 0.367. The molecule has 30 heavy (non-hydrogen) atoms. The summed E-state index contributed by atoms with van der Waals surface area (Å²) in [5, 5.41) is 8.04. The molecule has 0 saturated heterocycles. The summed E-state index contributed by atoms with van der Waals surface area (Å²) < 4.78 is 26.7. The largest absolute Gasteiger partial charge is 0.344 e. The van der Waals surface area contributed by atoms with Gasteiger partial charge in [-0.05, 0) is 24.1 Å². The molecule has 154 valence electrons. The number of pyridine rings is 1. The summed E-state index contributed by atoms with van der Waals surface area (Å²) in [5.74, 6) is -2.45. The fourth-order valence-electron chi connectivity index (χ4n) is 3.11. The molecule has 0 radical (unpaired) electrons. The standard InChI is InChI=1S/C20H17F2N5O2S/c21-14-3-1-13(15(22)9-14)10-24-18(28)19(29)27-7-5-12-2-4-17(25-16(12)11-27)26-20-23-6-8-30-20/h1-4,6,8-9H,5,7,10-11H2,(H,24,28)(H,23,25,26). The Labute approximate surface area is 174 Å². The average Bonchev–Trinajstić information content (AvgIpc) is 3.25. The zero-order valence-electron chi connectivity index (χ0n) is 15.7. The Hall–Kier alpha value is -3.40. The molecule has 0 fully saturated rings. The number of fused-ring (bicyclic) bond motifs is 1. The third kappa shape index (κ3) is 4.43. The Morgan fingerprint density at radius 3 is 2.83 bits per heavy atom. The number of thiazole rings is 1. The molecular formula is C20H17F2N5O2S. The fraction of sp³-hybridized carbons (Fsp3) is 0.200. The summed E-state index contributed by atoms with van der Waals surface area (Å²) in [7, 11) is 0. The van der Waals surface area contributed by atoms with Crippen molar-refractivity contribution in [2.24, 2.45) is 0 Å². The van der Waals surface area contributed by atoms with Gasteiger partial charge in [0, 0.05) is 36.3 Å². The lowest BCUT2D eigenvalue weighted by atomic mass is 10.0. The first-order chi connectivity index (χ1) is 14.5. The van der Waals surface area contributed by atoms with E-state index in [1.807, 2.05) is 17.5 Å². The van der Waals surface area contributed by atoms with Crippen LogP contribution in [-0.4, -0.2) is 33.2 Å². The quantitative estimate of drug-likeness (QED) is 0.623. The van der Waals surface area contributed by atoms with Crippen LogP contribution in [0.3, 0.4) is 0 Å². The summed E-state index contributed by atoms with van der Waals surface area (Å²) in [5.41, 5.74) is 1.81. The van der Waals surface area contributed by atoms with Crippen LogP contribution in [-0.2, 0) is 29.1 Å². The summed E-state index contributed by atoms with van der Waals surface area (Å²) in [6.07, 6.45) is 2.26. The second-order valence-corrected chi connectivity index (χ2v) is 7.55. The van der Waals surface area contributed by atoms with Gasteiger partial charge in [0.2, 0.25) is 0 Å². The van der Waals surface area contributed by atoms with Gasteiger partial charge in [-0.2, -0.15) is 0 Å². The molecule has 3 heterocycles. The van der Waals surface area contributed by atoms with Crippen LogP contribution in [0.2, 0.25) is 0 Å². The van der Waals surface area contributed by atoms with Gasteiger partial charge in [-0.3, -0.25) is 9.59 Å². The zero-order valence-corrected chi connectivity index (χ0v) is 16.5. The summed E-state index contributed by atoms with van der Waals surface area (Å²) in [4.78, 5) is 34.9. The van der Waals surface area contributed by atoms with Gasteiger partial charge in [0.1, 0.15) is 17.5 Å². The van der Waals surface area contributed by atoms with Crippen LogP contribution in [0.25, 0.3) is 0 Å². The summed E-state index contributed by atoms with van der Waals surface area (Å²) >= 11 is 1.44. The van der Waals surface area contributed by atoms with Crippen LogP contribution in [0, 0.1) is 11.6 Å². The lowest BCUT2D eigenvalue weighted by molar-refractivity contribution is -0.146. The van der Waals surface area contributed by atoms with Gasteiger partial charge >= 0.3 is 11.8 Å². The van der Waals surface area contributed by atoms with Crippen LogP contribution in [0.1, 0.15) is 16.8 Å². The molecule has 10 heteroatoms. The highest BCUT2D eigenvalue weighted by atomic mass is 32.1. The van der Waals surface area contributed by atoms with Gasteiger partial charge in [0.15, 0.2) is 5.13 Å². The van der Waals surface area contributed by atoms with E-state index in [1.54, 1.807) is 6.20 Å². The Kier molecular flexibility index (Phi) is 5.66. The maximum absolute atomic E-state index is 13.7. The molecule has 7 nitrogen and oxygen atoms in total. The predicted molar refractivity (Wildman–Crippen MR) is 107 cm³/mol. The van der Waals surface area contributed by atoms with Gasteiger partial charge in [-0.25, -0.2) is 18.7 Å². The molecule has 0 unspecified atom stereocenters. The lowest BCUT2D eigenvalue weighted by Gasteiger charge is -2.27. The zero-order chi connectivity index (χ0) is 21.1. The maximum Gasteiger partial charge on any atom is 0.312 e. The van der Waals surface area contributed by atoms with E-state index >= 15 is 0 Å². The van der Waals surface area contributed by atoms with E-state index in [0.717, 1.165) is 17.7 Å². The minimum absolute atomic E-state index is 0.0982. The van der Waals surface area contributed by atoms with Gasteiger partial charge in [0.05, 0.1) is 12.2 Å². The van der Waals surface area contributed by atoms with Gasteiger partial charge in [-0.15, -0.1) is 11.3 Å².